The number of rotatable bonds is 4. The van der Waals surface area contributed by atoms with Crippen LogP contribution in [0.25, 0.3) is 11.3 Å². The van der Waals surface area contributed by atoms with E-state index in [4.69, 9.17) is 4.52 Å². The molecule has 0 atom stereocenters. The van der Waals surface area contributed by atoms with Crippen LogP contribution in [0.1, 0.15) is 46.7 Å². The first-order valence-electron chi connectivity index (χ1n) is 7.11. The molecule has 4 nitrogen and oxygen atoms in total. The summed E-state index contributed by atoms with van der Waals surface area (Å²) in [4.78, 5) is 11.6. The lowest BCUT2D eigenvalue weighted by Gasteiger charge is -2.09. The SMILES string of the molecule is Cc1cc(C)c(-c2noc(CC(C)C)c2C(=O)O)c(C)c1. The van der Waals surface area contributed by atoms with Gasteiger partial charge in [0, 0.05) is 12.0 Å². The lowest BCUT2D eigenvalue weighted by atomic mass is 9.94. The number of carbonyl (C=O) groups is 1. The Bertz CT molecular complexity index is 660. The zero-order chi connectivity index (χ0) is 15.7. The Morgan fingerprint density at radius 1 is 1.24 bits per heavy atom. The molecule has 0 unspecified atom stereocenters. The van der Waals surface area contributed by atoms with E-state index >= 15 is 0 Å². The maximum atomic E-state index is 11.6. The maximum absolute atomic E-state index is 11.6. The second kappa shape index (κ2) is 5.72. The van der Waals surface area contributed by atoms with E-state index in [1.54, 1.807) is 0 Å². The van der Waals surface area contributed by atoms with Crippen LogP contribution in [0.5, 0.6) is 0 Å². The van der Waals surface area contributed by atoms with Crippen LogP contribution >= 0.6 is 0 Å². The highest BCUT2D eigenvalue weighted by Gasteiger charge is 2.25. The topological polar surface area (TPSA) is 63.3 Å². The van der Waals surface area contributed by atoms with E-state index in [1.807, 2.05) is 46.8 Å². The minimum Gasteiger partial charge on any atom is -0.477 e. The van der Waals surface area contributed by atoms with Crippen LogP contribution in [-0.4, -0.2) is 16.2 Å². The molecule has 1 heterocycles. The van der Waals surface area contributed by atoms with Crippen LogP contribution in [0, 0.1) is 26.7 Å². The summed E-state index contributed by atoms with van der Waals surface area (Å²) in [5, 5.41) is 13.6. The molecule has 0 aliphatic carbocycles. The molecule has 2 rings (SSSR count). The summed E-state index contributed by atoms with van der Waals surface area (Å²) in [6, 6.07) is 4.07. The van der Waals surface area contributed by atoms with Crippen molar-refractivity contribution in [3.8, 4) is 11.3 Å². The van der Waals surface area contributed by atoms with Crippen molar-refractivity contribution in [3.05, 3.63) is 40.1 Å². The van der Waals surface area contributed by atoms with Crippen molar-refractivity contribution in [2.24, 2.45) is 5.92 Å². The van der Waals surface area contributed by atoms with E-state index < -0.39 is 5.97 Å². The van der Waals surface area contributed by atoms with Crippen LogP contribution in [0.15, 0.2) is 16.7 Å². The molecular formula is C17H21NO3. The third-order valence-electron chi connectivity index (χ3n) is 3.48. The fourth-order valence-electron chi connectivity index (χ4n) is 2.78. The van der Waals surface area contributed by atoms with Crippen LogP contribution in [0.3, 0.4) is 0 Å². The molecule has 0 spiro atoms. The number of hydrogen-bond acceptors (Lipinski definition) is 3. The van der Waals surface area contributed by atoms with E-state index in [0.717, 1.165) is 22.3 Å². The Labute approximate surface area is 124 Å². The van der Waals surface area contributed by atoms with Crippen LogP contribution in [0.4, 0.5) is 0 Å². The zero-order valence-corrected chi connectivity index (χ0v) is 13.2. The summed E-state index contributed by atoms with van der Waals surface area (Å²) in [6.07, 6.45) is 0.568. The predicted molar refractivity (Wildman–Crippen MR) is 81.7 cm³/mol. The summed E-state index contributed by atoms with van der Waals surface area (Å²) in [5.74, 6) is -0.225. The molecule has 0 saturated carbocycles. The zero-order valence-electron chi connectivity index (χ0n) is 13.2. The molecule has 21 heavy (non-hydrogen) atoms. The van der Waals surface area contributed by atoms with Crippen molar-refractivity contribution in [1.29, 1.82) is 0 Å². The molecule has 0 fully saturated rings. The van der Waals surface area contributed by atoms with Gasteiger partial charge in [0.25, 0.3) is 0 Å². The Balaban J connectivity index is 2.65. The van der Waals surface area contributed by atoms with Crippen molar-refractivity contribution < 1.29 is 14.4 Å². The molecular weight excluding hydrogens is 266 g/mol. The third-order valence-corrected chi connectivity index (χ3v) is 3.48. The van der Waals surface area contributed by atoms with Crippen molar-refractivity contribution in [2.75, 3.05) is 0 Å². The standard InChI is InChI=1S/C17H21NO3/c1-9(2)6-13-15(17(19)20)16(18-21-13)14-11(4)7-10(3)8-12(14)5/h7-9H,6H2,1-5H3,(H,19,20). The first kappa shape index (κ1) is 15.3. The van der Waals surface area contributed by atoms with Crippen LogP contribution in [-0.2, 0) is 6.42 Å². The molecule has 112 valence electrons. The molecule has 0 aliphatic heterocycles. The monoisotopic (exact) mass is 287 g/mol. The molecule has 0 amide bonds. The van der Waals surface area contributed by atoms with Gasteiger partial charge in [0.1, 0.15) is 11.3 Å². The Morgan fingerprint density at radius 3 is 2.29 bits per heavy atom. The van der Waals surface area contributed by atoms with Gasteiger partial charge in [-0.25, -0.2) is 4.79 Å². The lowest BCUT2D eigenvalue weighted by Crippen LogP contribution is -2.05. The van der Waals surface area contributed by atoms with Crippen molar-refractivity contribution in [2.45, 2.75) is 41.0 Å². The van der Waals surface area contributed by atoms with E-state index in [-0.39, 0.29) is 5.56 Å². The second-order valence-electron chi connectivity index (χ2n) is 6.01. The van der Waals surface area contributed by atoms with Gasteiger partial charge in [0.2, 0.25) is 0 Å². The first-order chi connectivity index (χ1) is 9.81. The second-order valence-corrected chi connectivity index (χ2v) is 6.01. The van der Waals surface area contributed by atoms with Gasteiger partial charge >= 0.3 is 5.97 Å². The van der Waals surface area contributed by atoms with Gasteiger partial charge < -0.3 is 9.63 Å². The first-order valence-corrected chi connectivity index (χ1v) is 7.11. The average molecular weight is 287 g/mol. The highest BCUT2D eigenvalue weighted by atomic mass is 16.5. The lowest BCUT2D eigenvalue weighted by molar-refractivity contribution is 0.0695. The normalized spacial score (nSPS) is 11.1. The van der Waals surface area contributed by atoms with Gasteiger partial charge in [0.15, 0.2) is 5.76 Å². The fourth-order valence-corrected chi connectivity index (χ4v) is 2.78. The van der Waals surface area contributed by atoms with Gasteiger partial charge in [0.05, 0.1) is 0 Å². The molecule has 0 bridgehead atoms. The number of benzene rings is 1. The Kier molecular flexibility index (Phi) is 4.16. The van der Waals surface area contributed by atoms with Crippen molar-refractivity contribution in [3.63, 3.8) is 0 Å². The van der Waals surface area contributed by atoms with Gasteiger partial charge in [-0.15, -0.1) is 0 Å². The van der Waals surface area contributed by atoms with Crippen molar-refractivity contribution in [1.82, 2.24) is 5.16 Å². The molecule has 1 aromatic carbocycles. The third kappa shape index (κ3) is 2.99. The molecule has 0 radical (unpaired) electrons. The van der Waals surface area contributed by atoms with E-state index in [9.17, 15) is 9.90 Å². The molecule has 0 aliphatic rings. The van der Waals surface area contributed by atoms with Gasteiger partial charge in [-0.05, 0) is 37.8 Å². The molecule has 4 heteroatoms. The van der Waals surface area contributed by atoms with Gasteiger partial charge in [-0.3, -0.25) is 0 Å². The number of carboxylic acid groups (broad SMARTS) is 1. The summed E-state index contributed by atoms with van der Waals surface area (Å²) in [7, 11) is 0. The molecule has 0 saturated heterocycles. The Hall–Kier alpha value is -2.10. The summed E-state index contributed by atoms with van der Waals surface area (Å²) < 4.78 is 5.33. The van der Waals surface area contributed by atoms with Crippen LogP contribution < -0.4 is 0 Å². The summed E-state index contributed by atoms with van der Waals surface area (Å²) in [6.45, 7) is 10.0. The highest BCUT2D eigenvalue weighted by molar-refractivity contribution is 5.96. The summed E-state index contributed by atoms with van der Waals surface area (Å²) in [5.41, 5.74) is 4.67. The number of nitrogens with zero attached hydrogens (tertiary/aromatic N) is 1. The van der Waals surface area contributed by atoms with E-state index in [0.29, 0.717) is 23.8 Å². The minimum atomic E-state index is -0.985. The predicted octanol–water partition coefficient (Wildman–Crippen LogP) is 4.16. The highest BCUT2D eigenvalue weighted by Crippen LogP contribution is 2.32. The molecule has 2 aromatic rings. The van der Waals surface area contributed by atoms with E-state index in [1.165, 1.54) is 0 Å². The van der Waals surface area contributed by atoms with E-state index in [2.05, 4.69) is 5.16 Å². The minimum absolute atomic E-state index is 0.193. The van der Waals surface area contributed by atoms with Gasteiger partial charge in [-0.2, -0.15) is 0 Å². The average Bonchev–Trinajstić information content (AvgIpc) is 2.70. The summed E-state index contributed by atoms with van der Waals surface area (Å²) >= 11 is 0. The molecule has 1 N–H and O–H groups in total. The number of hydrogen-bond donors (Lipinski definition) is 1. The van der Waals surface area contributed by atoms with Gasteiger partial charge in [-0.1, -0.05) is 36.7 Å². The van der Waals surface area contributed by atoms with Crippen LogP contribution in [0.2, 0.25) is 0 Å². The number of aromatic carboxylic acids is 1. The number of aromatic nitrogens is 1. The molecule has 1 aromatic heterocycles. The fraction of sp³-hybridized carbons (Fsp3) is 0.412. The smallest absolute Gasteiger partial charge is 0.341 e. The Morgan fingerprint density at radius 2 is 1.81 bits per heavy atom. The largest absolute Gasteiger partial charge is 0.477 e. The number of aryl methyl sites for hydroxylation is 3. The maximum Gasteiger partial charge on any atom is 0.341 e. The quantitative estimate of drug-likeness (QED) is 0.917. The number of carboxylic acids is 1. The van der Waals surface area contributed by atoms with Crippen molar-refractivity contribution >= 4 is 5.97 Å².